The Kier molecular flexibility index (Phi) is 6.55. The summed E-state index contributed by atoms with van der Waals surface area (Å²) in [4.78, 5) is 14.2. The monoisotopic (exact) mass is 444 g/mol. The van der Waals surface area contributed by atoms with Gasteiger partial charge in [0.1, 0.15) is 4.90 Å². The molecule has 0 aromatic heterocycles. The maximum atomic E-state index is 13.9. The molecular formula is C19H19F3N2O3S2. The van der Waals surface area contributed by atoms with Crippen LogP contribution in [0.5, 0.6) is 0 Å². The number of amides is 1. The quantitative estimate of drug-likeness (QED) is 0.525. The summed E-state index contributed by atoms with van der Waals surface area (Å²) >= 11 is 1.40. The topological polar surface area (TPSA) is 57.7 Å². The van der Waals surface area contributed by atoms with Gasteiger partial charge in [-0.1, -0.05) is 18.2 Å². The van der Waals surface area contributed by atoms with Crippen molar-refractivity contribution in [3.05, 3.63) is 59.9 Å². The molecule has 1 aliphatic heterocycles. The predicted octanol–water partition coefficient (Wildman–Crippen LogP) is 3.12. The van der Waals surface area contributed by atoms with Crippen molar-refractivity contribution in [1.29, 1.82) is 0 Å². The molecule has 2 aromatic rings. The lowest BCUT2D eigenvalue weighted by atomic mass is 10.3. The predicted molar refractivity (Wildman–Crippen MR) is 103 cm³/mol. The molecular weight excluding hydrogens is 425 g/mol. The normalized spacial score (nSPS) is 16.6. The standard InChI is InChI=1S/C19H19F3N2O3S2/c1-13(28-14-5-3-2-4-6-14)19(25)23-9-11-24(12-10-23)29(26,27)16-8-7-15(20)17(21)18(16)22/h2-8,13H,9-12H2,1H3. The molecule has 0 spiro atoms. The minimum atomic E-state index is -4.34. The minimum Gasteiger partial charge on any atom is -0.339 e. The Hall–Kier alpha value is -2.04. The van der Waals surface area contributed by atoms with Crippen LogP contribution in [-0.4, -0.2) is 55.0 Å². The van der Waals surface area contributed by atoms with Gasteiger partial charge in [-0.25, -0.2) is 21.6 Å². The number of carbonyl (C=O) groups excluding carboxylic acids is 1. The fourth-order valence-corrected chi connectivity index (χ4v) is 5.46. The molecule has 1 heterocycles. The third-order valence-electron chi connectivity index (χ3n) is 4.57. The fourth-order valence-electron chi connectivity index (χ4n) is 3.01. The summed E-state index contributed by atoms with van der Waals surface area (Å²) in [5.41, 5.74) is 0. The van der Waals surface area contributed by atoms with Crippen LogP contribution in [-0.2, 0) is 14.8 Å². The lowest BCUT2D eigenvalue weighted by Crippen LogP contribution is -2.52. The highest BCUT2D eigenvalue weighted by atomic mass is 32.2. The van der Waals surface area contributed by atoms with Gasteiger partial charge in [-0.15, -0.1) is 11.8 Å². The van der Waals surface area contributed by atoms with E-state index >= 15 is 0 Å². The highest BCUT2D eigenvalue weighted by Crippen LogP contribution is 2.26. The summed E-state index contributed by atoms with van der Waals surface area (Å²) in [5.74, 6) is -5.15. The molecule has 1 fully saturated rings. The maximum absolute atomic E-state index is 13.9. The second-order valence-electron chi connectivity index (χ2n) is 6.48. The Morgan fingerprint density at radius 3 is 2.21 bits per heavy atom. The van der Waals surface area contributed by atoms with E-state index in [1.807, 2.05) is 30.3 Å². The van der Waals surface area contributed by atoms with E-state index in [4.69, 9.17) is 0 Å². The van der Waals surface area contributed by atoms with Gasteiger partial charge in [0, 0.05) is 31.1 Å². The molecule has 2 aromatic carbocycles. The molecule has 0 bridgehead atoms. The first-order valence-corrected chi connectivity index (χ1v) is 11.2. The third kappa shape index (κ3) is 4.59. The van der Waals surface area contributed by atoms with Crippen LogP contribution in [0, 0.1) is 17.5 Å². The van der Waals surface area contributed by atoms with Crippen LogP contribution in [0.4, 0.5) is 13.2 Å². The zero-order valence-electron chi connectivity index (χ0n) is 15.5. The van der Waals surface area contributed by atoms with E-state index in [0.29, 0.717) is 12.1 Å². The van der Waals surface area contributed by atoms with E-state index in [2.05, 4.69) is 0 Å². The average Bonchev–Trinajstić information content (AvgIpc) is 2.72. The van der Waals surface area contributed by atoms with Gasteiger partial charge < -0.3 is 4.90 Å². The van der Waals surface area contributed by atoms with Gasteiger partial charge in [-0.2, -0.15) is 4.31 Å². The number of thioether (sulfide) groups is 1. The fraction of sp³-hybridized carbons (Fsp3) is 0.316. The number of halogens is 3. The molecule has 0 N–H and O–H groups in total. The molecule has 156 valence electrons. The number of piperazine rings is 1. The molecule has 29 heavy (non-hydrogen) atoms. The highest BCUT2D eigenvalue weighted by Gasteiger charge is 2.34. The summed E-state index contributed by atoms with van der Waals surface area (Å²) in [6, 6.07) is 10.7. The zero-order valence-corrected chi connectivity index (χ0v) is 17.1. The molecule has 0 saturated carbocycles. The number of hydrogen-bond donors (Lipinski definition) is 0. The molecule has 0 radical (unpaired) electrons. The van der Waals surface area contributed by atoms with Crippen molar-refractivity contribution in [3.63, 3.8) is 0 Å². The van der Waals surface area contributed by atoms with Gasteiger partial charge in [-0.05, 0) is 31.2 Å². The van der Waals surface area contributed by atoms with Gasteiger partial charge in [0.05, 0.1) is 5.25 Å². The Morgan fingerprint density at radius 2 is 1.59 bits per heavy atom. The van der Waals surface area contributed by atoms with Crippen molar-refractivity contribution in [2.45, 2.75) is 22.0 Å². The molecule has 10 heteroatoms. The van der Waals surface area contributed by atoms with E-state index in [-0.39, 0.29) is 37.3 Å². The third-order valence-corrected chi connectivity index (χ3v) is 7.59. The van der Waals surface area contributed by atoms with Gasteiger partial charge in [0.2, 0.25) is 15.9 Å². The Labute approximate surface area is 171 Å². The molecule has 0 aliphatic carbocycles. The number of nitrogens with zero attached hydrogens (tertiary/aromatic N) is 2. The van der Waals surface area contributed by atoms with Gasteiger partial charge >= 0.3 is 0 Å². The Balaban J connectivity index is 1.65. The lowest BCUT2D eigenvalue weighted by molar-refractivity contribution is -0.131. The molecule has 1 amide bonds. The summed E-state index contributed by atoms with van der Waals surface area (Å²) in [6.07, 6.45) is 0. The Morgan fingerprint density at radius 1 is 0.966 bits per heavy atom. The molecule has 1 atom stereocenters. The summed E-state index contributed by atoms with van der Waals surface area (Å²) in [6.45, 7) is 1.91. The van der Waals surface area contributed by atoms with Crippen molar-refractivity contribution in [1.82, 2.24) is 9.21 Å². The van der Waals surface area contributed by atoms with Crippen molar-refractivity contribution >= 4 is 27.7 Å². The van der Waals surface area contributed by atoms with Crippen LogP contribution in [0.15, 0.2) is 52.3 Å². The number of sulfonamides is 1. The summed E-state index contributed by atoms with van der Waals surface area (Å²) < 4.78 is 66.7. The van der Waals surface area contributed by atoms with Crippen LogP contribution in [0.3, 0.4) is 0 Å². The smallest absolute Gasteiger partial charge is 0.246 e. The van der Waals surface area contributed by atoms with Crippen LogP contribution in [0.25, 0.3) is 0 Å². The second kappa shape index (κ2) is 8.76. The van der Waals surface area contributed by atoms with Crippen LogP contribution in [0.1, 0.15) is 6.92 Å². The largest absolute Gasteiger partial charge is 0.339 e. The van der Waals surface area contributed by atoms with Crippen LogP contribution < -0.4 is 0 Å². The van der Waals surface area contributed by atoms with Crippen molar-refractivity contribution in [2.24, 2.45) is 0 Å². The number of carbonyl (C=O) groups is 1. The first-order chi connectivity index (χ1) is 13.7. The molecule has 1 aliphatic rings. The first kappa shape index (κ1) is 21.7. The molecule has 1 saturated heterocycles. The number of rotatable bonds is 5. The summed E-state index contributed by atoms with van der Waals surface area (Å²) in [5, 5.41) is -0.357. The number of hydrogen-bond acceptors (Lipinski definition) is 4. The first-order valence-electron chi connectivity index (χ1n) is 8.86. The van der Waals surface area contributed by atoms with Crippen molar-refractivity contribution in [2.75, 3.05) is 26.2 Å². The van der Waals surface area contributed by atoms with Gasteiger partial charge in [0.25, 0.3) is 0 Å². The lowest BCUT2D eigenvalue weighted by Gasteiger charge is -2.35. The summed E-state index contributed by atoms with van der Waals surface area (Å²) in [7, 11) is -4.34. The Bertz CT molecular complexity index is 995. The van der Waals surface area contributed by atoms with E-state index in [9.17, 15) is 26.4 Å². The highest BCUT2D eigenvalue weighted by molar-refractivity contribution is 8.00. The van der Waals surface area contributed by atoms with E-state index in [1.165, 1.54) is 11.8 Å². The maximum Gasteiger partial charge on any atom is 0.246 e. The zero-order chi connectivity index (χ0) is 21.2. The average molecular weight is 445 g/mol. The minimum absolute atomic E-state index is 0.0603. The van der Waals surface area contributed by atoms with Crippen molar-refractivity contribution < 1.29 is 26.4 Å². The van der Waals surface area contributed by atoms with Gasteiger partial charge in [-0.3, -0.25) is 4.79 Å². The molecule has 1 unspecified atom stereocenters. The molecule has 3 rings (SSSR count). The SMILES string of the molecule is CC(Sc1ccccc1)C(=O)N1CCN(S(=O)(=O)c2ccc(F)c(F)c2F)CC1. The van der Waals surface area contributed by atoms with Crippen LogP contribution >= 0.6 is 11.8 Å². The van der Waals surface area contributed by atoms with Gasteiger partial charge in [0.15, 0.2) is 17.5 Å². The molecule has 5 nitrogen and oxygen atoms in total. The van der Waals surface area contributed by atoms with Crippen LogP contribution in [0.2, 0.25) is 0 Å². The van der Waals surface area contributed by atoms with Crippen molar-refractivity contribution in [3.8, 4) is 0 Å². The van der Waals surface area contributed by atoms with E-state index < -0.39 is 32.4 Å². The van der Waals surface area contributed by atoms with E-state index in [0.717, 1.165) is 9.20 Å². The van der Waals surface area contributed by atoms with E-state index in [1.54, 1.807) is 11.8 Å². The number of benzene rings is 2. The second-order valence-corrected chi connectivity index (χ2v) is 9.80.